The topological polar surface area (TPSA) is 17.1 Å². The van der Waals surface area contributed by atoms with Crippen molar-refractivity contribution in [2.45, 2.75) is 25.7 Å². The minimum atomic E-state index is -2.32. The first-order valence-electron chi connectivity index (χ1n) is 2.59. The van der Waals surface area contributed by atoms with Crippen molar-refractivity contribution >= 4 is 16.8 Å². The number of rotatable bonds is 4. The highest BCUT2D eigenvalue weighted by atomic mass is 35.5. The zero-order valence-electron chi connectivity index (χ0n) is 4.74. The fourth-order valence-corrected chi connectivity index (χ4v) is 0.529. The molecule has 9 heavy (non-hydrogen) atoms. The van der Waals surface area contributed by atoms with Crippen LogP contribution in [0.4, 0.5) is 8.78 Å². The second kappa shape index (κ2) is 4.68. The van der Waals surface area contributed by atoms with Crippen LogP contribution in [-0.2, 0) is 4.79 Å². The summed E-state index contributed by atoms with van der Waals surface area (Å²) < 4.78 is 22.7. The van der Waals surface area contributed by atoms with E-state index in [0.29, 0.717) is 0 Å². The van der Waals surface area contributed by atoms with Crippen molar-refractivity contribution in [3.63, 3.8) is 0 Å². The van der Waals surface area contributed by atoms with Gasteiger partial charge >= 0.3 is 0 Å². The van der Waals surface area contributed by atoms with Crippen molar-refractivity contribution in [2.24, 2.45) is 0 Å². The van der Waals surface area contributed by atoms with Crippen molar-refractivity contribution in [3.05, 3.63) is 0 Å². The molecular weight excluding hydrogens is 150 g/mol. The first-order chi connectivity index (χ1) is 4.13. The zero-order chi connectivity index (χ0) is 7.28. The van der Waals surface area contributed by atoms with Crippen LogP contribution < -0.4 is 0 Å². The first-order valence-corrected chi connectivity index (χ1v) is 2.97. The summed E-state index contributed by atoms with van der Waals surface area (Å²) >= 11 is 4.88. The molecule has 0 atom stereocenters. The predicted octanol–water partition coefficient (Wildman–Crippen LogP) is 2.19. The minimum Gasteiger partial charge on any atom is -0.281 e. The van der Waals surface area contributed by atoms with Gasteiger partial charge in [0, 0.05) is 12.8 Å². The molecule has 0 fully saturated rings. The summed E-state index contributed by atoms with van der Waals surface area (Å²) in [7, 11) is 0. The van der Waals surface area contributed by atoms with E-state index in [4.69, 9.17) is 11.6 Å². The van der Waals surface area contributed by atoms with Gasteiger partial charge in [0.2, 0.25) is 11.7 Å². The van der Waals surface area contributed by atoms with Gasteiger partial charge in [-0.2, -0.15) is 0 Å². The monoisotopic (exact) mass is 156 g/mol. The average Bonchev–Trinajstić information content (AvgIpc) is 1.63. The van der Waals surface area contributed by atoms with E-state index in [1.54, 1.807) is 0 Å². The highest BCUT2D eigenvalue weighted by Crippen LogP contribution is 2.06. The second-order valence-electron chi connectivity index (χ2n) is 1.64. The molecule has 0 aromatic carbocycles. The number of carbonyl (C=O) groups is 1. The Bertz CT molecular complexity index is 95.0. The number of carbonyl (C=O) groups excluding carboxylic acids is 1. The van der Waals surface area contributed by atoms with E-state index in [2.05, 4.69) is 0 Å². The molecule has 0 amide bonds. The lowest BCUT2D eigenvalue weighted by molar-refractivity contribution is -0.111. The lowest BCUT2D eigenvalue weighted by atomic mass is 10.2. The Hall–Kier alpha value is -0.180. The number of hydrogen-bond acceptors (Lipinski definition) is 1. The van der Waals surface area contributed by atoms with Gasteiger partial charge in [-0.3, -0.25) is 4.79 Å². The van der Waals surface area contributed by atoms with Crippen molar-refractivity contribution in [2.75, 3.05) is 0 Å². The normalized spacial score (nSPS) is 10.2. The van der Waals surface area contributed by atoms with E-state index < -0.39 is 11.7 Å². The highest BCUT2D eigenvalue weighted by molar-refractivity contribution is 6.63. The van der Waals surface area contributed by atoms with E-state index in [1.807, 2.05) is 0 Å². The third-order valence-corrected chi connectivity index (χ3v) is 0.985. The van der Waals surface area contributed by atoms with Crippen molar-refractivity contribution in [1.82, 2.24) is 0 Å². The van der Waals surface area contributed by atoms with Crippen molar-refractivity contribution in [1.29, 1.82) is 0 Å². The van der Waals surface area contributed by atoms with Crippen LogP contribution in [0.3, 0.4) is 0 Å². The molecule has 0 rings (SSSR count). The van der Waals surface area contributed by atoms with Crippen LogP contribution in [0.5, 0.6) is 0 Å². The first kappa shape index (κ1) is 8.82. The Balaban J connectivity index is 3.01. The summed E-state index contributed by atoms with van der Waals surface area (Å²) in [6.45, 7) is 0. The molecule has 0 aromatic rings. The van der Waals surface area contributed by atoms with Gasteiger partial charge in [-0.1, -0.05) is 0 Å². The molecule has 0 aliphatic carbocycles. The molecule has 0 aliphatic rings. The molecule has 4 heteroatoms. The maximum Gasteiger partial charge on any atom is 0.238 e. The van der Waals surface area contributed by atoms with Gasteiger partial charge in [0.15, 0.2) is 0 Å². The van der Waals surface area contributed by atoms with Gasteiger partial charge in [0.05, 0.1) is 0 Å². The van der Waals surface area contributed by atoms with Crippen LogP contribution in [0, 0.1) is 0 Å². The molecule has 0 saturated heterocycles. The Morgan fingerprint density at radius 3 is 2.44 bits per heavy atom. The summed E-state index contributed by atoms with van der Waals surface area (Å²) in [5.74, 6) is 0. The molecule has 0 spiro atoms. The van der Waals surface area contributed by atoms with Crippen molar-refractivity contribution in [3.8, 4) is 0 Å². The van der Waals surface area contributed by atoms with Crippen LogP contribution in [-0.4, -0.2) is 11.7 Å². The minimum absolute atomic E-state index is 0.0475. The summed E-state index contributed by atoms with van der Waals surface area (Å²) in [5, 5.41) is -0.546. The standard InChI is InChI=1S/C5H7ClF2O/c6-4(9)2-1-3-5(7)8/h5H,1-3H2. The fourth-order valence-electron chi connectivity index (χ4n) is 0.395. The van der Waals surface area contributed by atoms with E-state index in [-0.39, 0.29) is 19.3 Å². The fraction of sp³-hybridized carbons (Fsp3) is 0.800. The SMILES string of the molecule is O=C(Cl)CCCC(F)F. The lowest BCUT2D eigenvalue weighted by Gasteiger charge is -1.93. The molecule has 0 aromatic heterocycles. The van der Waals surface area contributed by atoms with E-state index in [9.17, 15) is 13.6 Å². The third kappa shape index (κ3) is 7.82. The maximum atomic E-state index is 11.3. The smallest absolute Gasteiger partial charge is 0.238 e. The second-order valence-corrected chi connectivity index (χ2v) is 2.06. The molecule has 0 radical (unpaired) electrons. The molecule has 0 unspecified atom stereocenters. The zero-order valence-corrected chi connectivity index (χ0v) is 5.50. The lowest BCUT2D eigenvalue weighted by Crippen LogP contribution is -1.92. The Labute approximate surface area is 57.0 Å². The Morgan fingerprint density at radius 2 is 2.11 bits per heavy atom. The van der Waals surface area contributed by atoms with Gasteiger partial charge in [0.25, 0.3) is 0 Å². The van der Waals surface area contributed by atoms with Gasteiger partial charge in [-0.25, -0.2) is 8.78 Å². The van der Waals surface area contributed by atoms with Crippen LogP contribution in [0.1, 0.15) is 19.3 Å². The van der Waals surface area contributed by atoms with Gasteiger partial charge in [-0.15, -0.1) is 0 Å². The molecule has 0 N–H and O–H groups in total. The number of alkyl halides is 2. The van der Waals surface area contributed by atoms with Gasteiger partial charge < -0.3 is 0 Å². The summed E-state index contributed by atoms with van der Waals surface area (Å²) in [5.41, 5.74) is 0. The quantitative estimate of drug-likeness (QED) is 0.571. The summed E-state index contributed by atoms with van der Waals surface area (Å²) in [6, 6.07) is 0. The molecule has 0 saturated carbocycles. The van der Waals surface area contributed by atoms with Crippen molar-refractivity contribution < 1.29 is 13.6 Å². The maximum absolute atomic E-state index is 11.3. The third-order valence-electron chi connectivity index (χ3n) is 0.796. The highest BCUT2D eigenvalue weighted by Gasteiger charge is 2.02. The average molecular weight is 157 g/mol. The van der Waals surface area contributed by atoms with Crippen LogP contribution in [0.25, 0.3) is 0 Å². The molecule has 1 nitrogen and oxygen atoms in total. The van der Waals surface area contributed by atoms with E-state index >= 15 is 0 Å². The molecule has 0 heterocycles. The summed E-state index contributed by atoms with van der Waals surface area (Å²) in [6.07, 6.45) is -2.33. The largest absolute Gasteiger partial charge is 0.281 e. The Morgan fingerprint density at radius 1 is 1.56 bits per heavy atom. The number of hydrogen-bond donors (Lipinski definition) is 0. The molecule has 0 aliphatic heterocycles. The van der Waals surface area contributed by atoms with E-state index in [0.717, 1.165) is 0 Å². The molecular formula is C5H7ClF2O. The van der Waals surface area contributed by atoms with Crippen LogP contribution >= 0.6 is 11.6 Å². The van der Waals surface area contributed by atoms with Gasteiger partial charge in [-0.05, 0) is 18.0 Å². The Kier molecular flexibility index (Phi) is 4.58. The number of halogens is 3. The molecule has 54 valence electrons. The van der Waals surface area contributed by atoms with Crippen LogP contribution in [0.15, 0.2) is 0 Å². The van der Waals surface area contributed by atoms with Gasteiger partial charge in [0.1, 0.15) is 0 Å². The predicted molar refractivity (Wildman–Crippen MR) is 30.7 cm³/mol. The molecule has 0 bridgehead atoms. The van der Waals surface area contributed by atoms with Crippen LogP contribution in [0.2, 0.25) is 0 Å². The summed E-state index contributed by atoms with van der Waals surface area (Å²) in [4.78, 5) is 9.95. The van der Waals surface area contributed by atoms with E-state index in [1.165, 1.54) is 0 Å².